The summed E-state index contributed by atoms with van der Waals surface area (Å²) in [5.41, 5.74) is 8.19. The van der Waals surface area contributed by atoms with Gasteiger partial charge in [-0.25, -0.2) is 18.2 Å². The predicted molar refractivity (Wildman–Crippen MR) is 122 cm³/mol. The normalized spacial score (nSPS) is 12.6. The molecule has 1 heterocycles. The van der Waals surface area contributed by atoms with Gasteiger partial charge < -0.3 is 10.5 Å². The molecule has 0 radical (unpaired) electrons. The standard InChI is InChI=1S/C22H25N3O4S2/c1-14(2)12-19(25-31(27,28)18-10-4-15(3)5-11-18)21(26)29-17-8-6-16(7-9-17)20-13-30-22(23)24-20/h4-11,13-14,19,25H,12H2,1-3H3,(H2,23,24)/t19-/m0/s1. The highest BCUT2D eigenvalue weighted by Gasteiger charge is 2.28. The first-order chi connectivity index (χ1) is 14.6. The van der Waals surface area contributed by atoms with E-state index in [0.29, 0.717) is 17.3 Å². The lowest BCUT2D eigenvalue weighted by atomic mass is 10.0. The summed E-state index contributed by atoms with van der Waals surface area (Å²) >= 11 is 1.34. The first-order valence-corrected chi connectivity index (χ1v) is 12.1. The molecule has 0 bridgehead atoms. The lowest BCUT2D eigenvalue weighted by Crippen LogP contribution is -2.43. The fourth-order valence-electron chi connectivity index (χ4n) is 2.94. The lowest BCUT2D eigenvalue weighted by molar-refractivity contribution is -0.136. The van der Waals surface area contributed by atoms with Crippen LogP contribution in [0.25, 0.3) is 11.3 Å². The number of aryl methyl sites for hydroxylation is 1. The number of hydrogen-bond donors (Lipinski definition) is 2. The van der Waals surface area contributed by atoms with Gasteiger partial charge >= 0.3 is 5.97 Å². The number of aromatic nitrogens is 1. The van der Waals surface area contributed by atoms with E-state index in [-0.39, 0.29) is 10.8 Å². The van der Waals surface area contributed by atoms with Crippen LogP contribution in [0.1, 0.15) is 25.8 Å². The number of benzene rings is 2. The quantitative estimate of drug-likeness (QED) is 0.389. The summed E-state index contributed by atoms with van der Waals surface area (Å²) in [5.74, 6) is -0.258. The Kier molecular flexibility index (Phi) is 7.09. The summed E-state index contributed by atoms with van der Waals surface area (Å²) in [6.45, 7) is 5.70. The van der Waals surface area contributed by atoms with Crippen LogP contribution in [-0.2, 0) is 14.8 Å². The van der Waals surface area contributed by atoms with Gasteiger partial charge in [-0.05, 0) is 55.7 Å². The fraction of sp³-hybridized carbons (Fsp3) is 0.273. The number of nitrogens with one attached hydrogen (secondary N) is 1. The molecule has 31 heavy (non-hydrogen) atoms. The van der Waals surface area contributed by atoms with E-state index >= 15 is 0 Å². The van der Waals surface area contributed by atoms with Gasteiger partial charge in [0, 0.05) is 10.9 Å². The van der Waals surface area contributed by atoms with Crippen LogP contribution in [0.2, 0.25) is 0 Å². The number of anilines is 1. The zero-order valence-corrected chi connectivity index (χ0v) is 19.2. The van der Waals surface area contributed by atoms with E-state index in [9.17, 15) is 13.2 Å². The summed E-state index contributed by atoms with van der Waals surface area (Å²) in [5, 5.41) is 2.32. The molecule has 0 unspecified atom stereocenters. The van der Waals surface area contributed by atoms with Crippen molar-refractivity contribution in [2.75, 3.05) is 5.73 Å². The van der Waals surface area contributed by atoms with Gasteiger partial charge in [0.25, 0.3) is 0 Å². The summed E-state index contributed by atoms with van der Waals surface area (Å²) < 4.78 is 33.5. The van der Waals surface area contributed by atoms with E-state index in [1.54, 1.807) is 36.4 Å². The maximum Gasteiger partial charge on any atom is 0.329 e. The molecular weight excluding hydrogens is 434 g/mol. The number of hydrogen-bond acceptors (Lipinski definition) is 7. The minimum atomic E-state index is -3.87. The minimum absolute atomic E-state index is 0.0794. The summed E-state index contributed by atoms with van der Waals surface area (Å²) in [6, 6.07) is 12.3. The number of nitrogen functional groups attached to an aromatic ring is 1. The van der Waals surface area contributed by atoms with Gasteiger partial charge in [0.05, 0.1) is 10.6 Å². The van der Waals surface area contributed by atoms with Crippen LogP contribution in [0.5, 0.6) is 5.75 Å². The van der Waals surface area contributed by atoms with E-state index in [1.807, 2.05) is 26.2 Å². The predicted octanol–water partition coefficient (Wildman–Crippen LogP) is 4.00. The van der Waals surface area contributed by atoms with Crippen molar-refractivity contribution in [3.63, 3.8) is 0 Å². The molecule has 0 saturated heterocycles. The molecule has 0 aliphatic carbocycles. The van der Waals surface area contributed by atoms with Crippen LogP contribution in [0.15, 0.2) is 58.8 Å². The molecular formula is C22H25N3O4S2. The highest BCUT2D eigenvalue weighted by Crippen LogP contribution is 2.25. The number of sulfonamides is 1. The number of esters is 1. The molecule has 164 valence electrons. The van der Waals surface area contributed by atoms with Crippen LogP contribution < -0.4 is 15.2 Å². The summed E-state index contributed by atoms with van der Waals surface area (Å²) in [4.78, 5) is 17.1. The highest BCUT2D eigenvalue weighted by molar-refractivity contribution is 7.89. The average molecular weight is 460 g/mol. The topological polar surface area (TPSA) is 111 Å². The Bertz CT molecular complexity index is 1140. The highest BCUT2D eigenvalue weighted by atomic mass is 32.2. The van der Waals surface area contributed by atoms with E-state index in [2.05, 4.69) is 9.71 Å². The zero-order valence-electron chi connectivity index (χ0n) is 17.5. The molecule has 3 aromatic rings. The van der Waals surface area contributed by atoms with Crippen LogP contribution in [-0.4, -0.2) is 25.4 Å². The number of nitrogens with zero attached hydrogens (tertiary/aromatic N) is 1. The van der Waals surface area contributed by atoms with Crippen LogP contribution in [0.4, 0.5) is 5.13 Å². The number of rotatable bonds is 8. The Morgan fingerprint density at radius 1 is 1.13 bits per heavy atom. The second-order valence-corrected chi connectivity index (χ2v) is 10.2. The molecule has 3 N–H and O–H groups in total. The molecule has 3 rings (SSSR count). The SMILES string of the molecule is Cc1ccc(S(=O)(=O)N[C@@H](CC(C)C)C(=O)Oc2ccc(-c3csc(N)n3)cc2)cc1. The second-order valence-electron chi connectivity index (χ2n) is 7.63. The molecule has 2 aromatic carbocycles. The van der Waals surface area contributed by atoms with Crippen molar-refractivity contribution in [2.24, 2.45) is 5.92 Å². The van der Waals surface area contributed by atoms with Gasteiger partial charge in [-0.3, -0.25) is 0 Å². The van der Waals surface area contributed by atoms with E-state index in [4.69, 9.17) is 10.5 Å². The first-order valence-electron chi connectivity index (χ1n) is 9.76. The molecule has 0 aliphatic rings. The average Bonchev–Trinajstić information content (AvgIpc) is 3.14. The van der Waals surface area contributed by atoms with Gasteiger partial charge in [-0.2, -0.15) is 4.72 Å². The van der Waals surface area contributed by atoms with Crippen molar-refractivity contribution in [1.29, 1.82) is 0 Å². The zero-order chi connectivity index (χ0) is 22.6. The summed E-state index contributed by atoms with van der Waals surface area (Å²) in [6.07, 6.45) is 0.306. The lowest BCUT2D eigenvalue weighted by Gasteiger charge is -2.19. The van der Waals surface area contributed by atoms with Gasteiger partial charge in [0.2, 0.25) is 10.0 Å². The van der Waals surface area contributed by atoms with Gasteiger partial charge in [-0.15, -0.1) is 11.3 Å². The minimum Gasteiger partial charge on any atom is -0.425 e. The smallest absolute Gasteiger partial charge is 0.329 e. The molecule has 1 atom stereocenters. The maximum absolute atomic E-state index is 12.8. The van der Waals surface area contributed by atoms with E-state index < -0.39 is 22.0 Å². The van der Waals surface area contributed by atoms with Crippen molar-refractivity contribution in [1.82, 2.24) is 9.71 Å². The van der Waals surface area contributed by atoms with Gasteiger partial charge in [0.15, 0.2) is 5.13 Å². The van der Waals surface area contributed by atoms with Crippen LogP contribution in [0.3, 0.4) is 0 Å². The summed E-state index contributed by atoms with van der Waals surface area (Å²) in [7, 11) is -3.87. The third kappa shape index (κ3) is 6.13. The number of carbonyl (C=O) groups is 1. The third-order valence-electron chi connectivity index (χ3n) is 4.51. The Morgan fingerprint density at radius 2 is 1.77 bits per heavy atom. The molecule has 7 nitrogen and oxygen atoms in total. The second kappa shape index (κ2) is 9.59. The van der Waals surface area contributed by atoms with Crippen LogP contribution in [0, 0.1) is 12.8 Å². The van der Waals surface area contributed by atoms with Crippen molar-refractivity contribution >= 4 is 32.5 Å². The third-order valence-corrected chi connectivity index (χ3v) is 6.67. The molecule has 0 saturated carbocycles. The van der Waals surface area contributed by atoms with E-state index in [1.165, 1.54) is 23.5 Å². The first kappa shape index (κ1) is 22.9. The molecule has 0 amide bonds. The van der Waals surface area contributed by atoms with E-state index in [0.717, 1.165) is 16.8 Å². The molecule has 0 fully saturated rings. The Hall–Kier alpha value is -2.75. The largest absolute Gasteiger partial charge is 0.425 e. The monoisotopic (exact) mass is 459 g/mol. The molecule has 0 aliphatic heterocycles. The van der Waals surface area contributed by atoms with Crippen molar-refractivity contribution < 1.29 is 17.9 Å². The number of ether oxygens (including phenoxy) is 1. The number of nitrogens with two attached hydrogens (primary N) is 1. The van der Waals surface area contributed by atoms with Crippen molar-refractivity contribution in [3.8, 4) is 17.0 Å². The maximum atomic E-state index is 12.8. The van der Waals surface area contributed by atoms with Gasteiger partial charge in [-0.1, -0.05) is 31.5 Å². The molecule has 1 aromatic heterocycles. The van der Waals surface area contributed by atoms with Crippen LogP contribution >= 0.6 is 11.3 Å². The fourth-order valence-corrected chi connectivity index (χ4v) is 4.71. The van der Waals surface area contributed by atoms with Crippen molar-refractivity contribution in [2.45, 2.75) is 38.1 Å². The Labute approximate surface area is 186 Å². The van der Waals surface area contributed by atoms with Crippen molar-refractivity contribution in [3.05, 3.63) is 59.5 Å². The molecule has 9 heteroatoms. The molecule has 0 spiro atoms. The Balaban J connectivity index is 1.74. The van der Waals surface area contributed by atoms with Gasteiger partial charge in [0.1, 0.15) is 11.8 Å². The Morgan fingerprint density at radius 3 is 2.32 bits per heavy atom. The number of thiazole rings is 1. The number of carbonyl (C=O) groups excluding carboxylic acids is 1.